The number of hydrogen-bond donors (Lipinski definition) is 3. The van der Waals surface area contributed by atoms with Crippen molar-refractivity contribution in [3.05, 3.63) is 42.0 Å². The first-order valence-electron chi connectivity index (χ1n) is 21.9. The molecule has 58 heavy (non-hydrogen) atoms. The molecule has 0 aromatic heterocycles. The van der Waals surface area contributed by atoms with Crippen molar-refractivity contribution in [3.8, 4) is 11.5 Å². The van der Waals surface area contributed by atoms with Crippen molar-refractivity contribution in [2.45, 2.75) is 132 Å². The fraction of sp³-hybridized carbons (Fsp3) is 0.708. The van der Waals surface area contributed by atoms with E-state index in [1.165, 1.54) is 11.6 Å². The first kappa shape index (κ1) is 42.3. The van der Waals surface area contributed by atoms with Crippen LogP contribution < -0.4 is 20.1 Å². The van der Waals surface area contributed by atoms with Crippen LogP contribution in [0.3, 0.4) is 0 Å². The number of aliphatic carboxylic acids is 1. The lowest BCUT2D eigenvalue weighted by molar-refractivity contribution is -0.249. The molecule has 1 heterocycles. The third-order valence-corrected chi connectivity index (χ3v) is 17.4. The van der Waals surface area contributed by atoms with E-state index < -0.39 is 22.8 Å². The van der Waals surface area contributed by atoms with Gasteiger partial charge in [-0.2, -0.15) is 0 Å². The maximum Gasteiger partial charge on any atom is 0.309 e. The summed E-state index contributed by atoms with van der Waals surface area (Å²) in [6.07, 6.45) is 12.8. The van der Waals surface area contributed by atoms with Crippen LogP contribution in [0.15, 0.2) is 36.4 Å². The SMILES string of the molecule is C=C(C)[C@@H]1CC[C@]2(C(=O)NCCNC(=O)/C=C/c3ccc4c(c3)OCO4)CC[C@]3(C)[C@H](CC[C@@H]4[C@@]5(C)CC[C@H](OC(=O)CC(C)(C)C(=O)O)C(C)(C)[C@@H]5CC[C@]43C)[C@@H]12. The van der Waals surface area contributed by atoms with Crippen molar-refractivity contribution in [1.29, 1.82) is 0 Å². The van der Waals surface area contributed by atoms with Crippen LogP contribution in [0.1, 0.15) is 132 Å². The van der Waals surface area contributed by atoms with Crippen LogP contribution in [0.2, 0.25) is 0 Å². The molecule has 318 valence electrons. The standard InChI is InChI=1S/C48H68N2O8/c1-29(2)31-16-21-48(41(53)50-25-24-49-38(51)15-11-30-10-13-33-34(26-30)57-28-56-33)23-22-46(8)32(40(31)48)12-14-36-45(7)19-18-37(58-39(52)27-43(3,4)42(54)55)44(5,6)35(45)17-20-47(36,46)9/h10-11,13,15,26,31-32,35-37,40H,1,12,14,16-25,27-28H2,2-9H3,(H,49,51)(H,50,53)(H,54,55)/b15-11+/t31-,32+,35-,36+,37-,40+,45-,46+,47+,48-/m0/s1. The fourth-order valence-corrected chi connectivity index (χ4v) is 14.1. The summed E-state index contributed by atoms with van der Waals surface area (Å²) in [7, 11) is 0. The Labute approximate surface area is 345 Å². The minimum atomic E-state index is -1.17. The van der Waals surface area contributed by atoms with E-state index in [-0.39, 0.29) is 58.7 Å². The molecule has 0 spiro atoms. The zero-order chi connectivity index (χ0) is 42.1. The Kier molecular flexibility index (Phi) is 11.0. The lowest BCUT2D eigenvalue weighted by Gasteiger charge is -2.72. The van der Waals surface area contributed by atoms with Gasteiger partial charge in [0, 0.05) is 24.6 Å². The molecule has 1 aromatic rings. The van der Waals surface area contributed by atoms with Gasteiger partial charge in [-0.1, -0.05) is 52.8 Å². The molecule has 2 amide bonds. The van der Waals surface area contributed by atoms with Crippen LogP contribution in [-0.2, 0) is 23.9 Å². The highest BCUT2D eigenvalue weighted by Crippen LogP contribution is 2.77. The zero-order valence-corrected chi connectivity index (χ0v) is 36.3. The Morgan fingerprint density at radius 2 is 1.60 bits per heavy atom. The highest BCUT2D eigenvalue weighted by atomic mass is 16.7. The van der Waals surface area contributed by atoms with E-state index in [9.17, 15) is 24.3 Å². The summed E-state index contributed by atoms with van der Waals surface area (Å²) in [6.45, 7) is 23.0. The molecule has 1 aliphatic heterocycles. The average molecular weight is 801 g/mol. The number of carboxylic acid groups (broad SMARTS) is 1. The van der Waals surface area contributed by atoms with Gasteiger partial charge in [-0.05, 0) is 155 Å². The van der Waals surface area contributed by atoms with Crippen molar-refractivity contribution in [2.75, 3.05) is 19.9 Å². The van der Waals surface area contributed by atoms with Gasteiger partial charge < -0.3 is 30.0 Å². The van der Waals surface area contributed by atoms with Crippen LogP contribution >= 0.6 is 0 Å². The second kappa shape index (κ2) is 15.0. The zero-order valence-electron chi connectivity index (χ0n) is 36.3. The molecule has 0 unspecified atom stereocenters. The molecule has 5 saturated carbocycles. The van der Waals surface area contributed by atoms with Crippen LogP contribution in [0, 0.1) is 62.1 Å². The number of fused-ring (bicyclic) bond motifs is 8. The van der Waals surface area contributed by atoms with Gasteiger partial charge in [-0.15, -0.1) is 0 Å². The van der Waals surface area contributed by atoms with E-state index in [0.717, 1.165) is 69.8 Å². The second-order valence-corrected chi connectivity index (χ2v) is 21.0. The summed E-state index contributed by atoms with van der Waals surface area (Å²) < 4.78 is 17.0. The number of rotatable bonds is 11. The summed E-state index contributed by atoms with van der Waals surface area (Å²) in [4.78, 5) is 52.1. The summed E-state index contributed by atoms with van der Waals surface area (Å²) in [5.41, 5.74) is 0.407. The van der Waals surface area contributed by atoms with Gasteiger partial charge in [0.05, 0.1) is 17.3 Å². The maximum atomic E-state index is 14.5. The number of nitrogens with one attached hydrogen (secondary N) is 2. The largest absolute Gasteiger partial charge is 0.481 e. The van der Waals surface area contributed by atoms with Crippen molar-refractivity contribution >= 4 is 29.8 Å². The number of benzene rings is 1. The van der Waals surface area contributed by atoms with Gasteiger partial charge in [0.1, 0.15) is 6.10 Å². The minimum absolute atomic E-state index is 0.0601. The normalized spacial score (nSPS) is 37.1. The predicted octanol–water partition coefficient (Wildman–Crippen LogP) is 8.73. The molecular weight excluding hydrogens is 733 g/mol. The summed E-state index contributed by atoms with van der Waals surface area (Å²) in [5, 5.41) is 15.9. The van der Waals surface area contributed by atoms with Crippen molar-refractivity contribution in [1.82, 2.24) is 10.6 Å². The van der Waals surface area contributed by atoms with E-state index >= 15 is 0 Å². The Morgan fingerprint density at radius 1 is 0.879 bits per heavy atom. The molecule has 0 bridgehead atoms. The Bertz CT molecular complexity index is 1870. The number of carbonyl (C=O) groups excluding carboxylic acids is 3. The maximum absolute atomic E-state index is 14.5. The minimum Gasteiger partial charge on any atom is -0.481 e. The van der Waals surface area contributed by atoms with Gasteiger partial charge in [-0.25, -0.2) is 0 Å². The first-order chi connectivity index (χ1) is 27.2. The molecule has 10 heteroatoms. The molecular formula is C48H68N2O8. The quantitative estimate of drug-likeness (QED) is 0.0874. The van der Waals surface area contributed by atoms with Crippen molar-refractivity contribution in [3.63, 3.8) is 0 Å². The number of carboxylic acids is 1. The summed E-state index contributed by atoms with van der Waals surface area (Å²) in [6, 6.07) is 5.55. The molecule has 5 aliphatic carbocycles. The molecule has 0 saturated heterocycles. The van der Waals surface area contributed by atoms with Crippen molar-refractivity contribution < 1.29 is 38.5 Å². The fourth-order valence-electron chi connectivity index (χ4n) is 14.1. The summed E-state index contributed by atoms with van der Waals surface area (Å²) in [5.74, 6) is 1.70. The Balaban J connectivity index is 1.03. The topological polar surface area (TPSA) is 140 Å². The van der Waals surface area contributed by atoms with Gasteiger partial charge in [0.15, 0.2) is 11.5 Å². The number of amides is 2. The van der Waals surface area contributed by atoms with E-state index in [1.807, 2.05) is 18.2 Å². The number of carbonyl (C=O) groups is 4. The molecule has 10 atom stereocenters. The average Bonchev–Trinajstić information content (AvgIpc) is 3.79. The van der Waals surface area contributed by atoms with Gasteiger partial charge >= 0.3 is 11.9 Å². The molecule has 6 aliphatic rings. The molecule has 0 radical (unpaired) electrons. The van der Waals surface area contributed by atoms with Gasteiger partial charge in [-0.3, -0.25) is 19.2 Å². The second-order valence-electron chi connectivity index (χ2n) is 21.0. The van der Waals surface area contributed by atoms with Gasteiger partial charge in [0.2, 0.25) is 18.6 Å². The lowest BCUT2D eigenvalue weighted by atomic mass is 9.32. The third kappa shape index (κ3) is 6.86. The van der Waals surface area contributed by atoms with Crippen LogP contribution in [0.4, 0.5) is 0 Å². The third-order valence-electron chi connectivity index (χ3n) is 17.4. The van der Waals surface area contributed by atoms with Crippen LogP contribution in [0.25, 0.3) is 6.08 Å². The Hall–Kier alpha value is -3.82. The first-order valence-corrected chi connectivity index (χ1v) is 21.9. The summed E-state index contributed by atoms with van der Waals surface area (Å²) >= 11 is 0. The van der Waals surface area contributed by atoms with E-state index in [1.54, 1.807) is 19.9 Å². The Morgan fingerprint density at radius 3 is 2.33 bits per heavy atom. The number of allylic oxidation sites excluding steroid dienone is 1. The number of esters is 1. The monoisotopic (exact) mass is 800 g/mol. The number of ether oxygens (including phenoxy) is 3. The van der Waals surface area contributed by atoms with Crippen molar-refractivity contribution in [2.24, 2.45) is 62.1 Å². The van der Waals surface area contributed by atoms with E-state index in [2.05, 4.69) is 58.8 Å². The molecule has 5 fully saturated rings. The molecule has 10 nitrogen and oxygen atoms in total. The smallest absolute Gasteiger partial charge is 0.309 e. The number of hydrogen-bond acceptors (Lipinski definition) is 7. The van der Waals surface area contributed by atoms with E-state index in [4.69, 9.17) is 14.2 Å². The predicted molar refractivity (Wildman–Crippen MR) is 223 cm³/mol. The van der Waals surface area contributed by atoms with Crippen LogP contribution in [0.5, 0.6) is 11.5 Å². The van der Waals surface area contributed by atoms with E-state index in [0.29, 0.717) is 48.3 Å². The lowest BCUT2D eigenvalue weighted by Crippen LogP contribution is -2.67. The highest BCUT2D eigenvalue weighted by Gasteiger charge is 2.72. The van der Waals surface area contributed by atoms with Gasteiger partial charge in [0.25, 0.3) is 0 Å². The molecule has 1 aromatic carbocycles. The van der Waals surface area contributed by atoms with Crippen LogP contribution in [-0.4, -0.2) is 54.8 Å². The molecule has 3 N–H and O–H groups in total. The highest BCUT2D eigenvalue weighted by molar-refractivity contribution is 5.92. The molecule has 7 rings (SSSR count).